The molecule has 0 spiro atoms. The molecule has 1 unspecified atom stereocenters. The number of carbonyl (C=O) groups excluding carboxylic acids is 2. The van der Waals surface area contributed by atoms with Gasteiger partial charge in [0.15, 0.2) is 0 Å². The van der Waals surface area contributed by atoms with E-state index in [1.54, 1.807) is 18.7 Å². The highest BCUT2D eigenvalue weighted by molar-refractivity contribution is 7.98. The molecule has 0 saturated heterocycles. The molecule has 126 valence electrons. The highest BCUT2D eigenvalue weighted by atomic mass is 32.2. The molecule has 1 aliphatic carbocycles. The highest BCUT2D eigenvalue weighted by Crippen LogP contribution is 2.24. The Morgan fingerprint density at radius 2 is 1.86 bits per heavy atom. The third kappa shape index (κ3) is 6.25. The summed E-state index contributed by atoms with van der Waals surface area (Å²) in [7, 11) is 0. The summed E-state index contributed by atoms with van der Waals surface area (Å²) in [6.07, 6.45) is 5.47. The predicted molar refractivity (Wildman–Crippen MR) is 86.7 cm³/mol. The number of amides is 2. The second-order valence-electron chi connectivity index (χ2n) is 5.65. The molecule has 1 atom stereocenters. The lowest BCUT2D eigenvalue weighted by atomic mass is 9.86. The van der Waals surface area contributed by atoms with Gasteiger partial charge in [-0.2, -0.15) is 11.8 Å². The summed E-state index contributed by atoms with van der Waals surface area (Å²) in [6, 6.07) is -0.490. The van der Waals surface area contributed by atoms with E-state index in [0.29, 0.717) is 38.5 Å². The second-order valence-corrected chi connectivity index (χ2v) is 6.64. The van der Waals surface area contributed by atoms with Crippen molar-refractivity contribution < 1.29 is 19.5 Å². The minimum Gasteiger partial charge on any atom is -0.481 e. The molecule has 0 aromatic carbocycles. The van der Waals surface area contributed by atoms with E-state index >= 15 is 0 Å². The van der Waals surface area contributed by atoms with Gasteiger partial charge in [-0.3, -0.25) is 14.4 Å². The van der Waals surface area contributed by atoms with Crippen LogP contribution in [0.5, 0.6) is 0 Å². The summed E-state index contributed by atoms with van der Waals surface area (Å²) < 4.78 is 0. The Morgan fingerprint density at radius 3 is 2.36 bits per heavy atom. The summed E-state index contributed by atoms with van der Waals surface area (Å²) in [5.74, 6) is -0.531. The number of hydrogen-bond donors (Lipinski definition) is 3. The van der Waals surface area contributed by atoms with Crippen molar-refractivity contribution in [3.05, 3.63) is 0 Å². The van der Waals surface area contributed by atoms with E-state index < -0.39 is 12.0 Å². The van der Waals surface area contributed by atoms with Gasteiger partial charge in [0.25, 0.3) is 0 Å². The lowest BCUT2D eigenvalue weighted by Gasteiger charge is -2.28. The van der Waals surface area contributed by atoms with Crippen LogP contribution in [0.3, 0.4) is 0 Å². The smallest absolute Gasteiger partial charge is 0.306 e. The highest BCUT2D eigenvalue weighted by Gasteiger charge is 2.28. The zero-order chi connectivity index (χ0) is 16.5. The molecule has 7 heteroatoms. The normalized spacial score (nSPS) is 22.6. The number of carbonyl (C=O) groups is 3. The fraction of sp³-hybridized carbons (Fsp3) is 0.800. The van der Waals surface area contributed by atoms with Gasteiger partial charge in [0.2, 0.25) is 11.8 Å². The first-order valence-electron chi connectivity index (χ1n) is 7.79. The van der Waals surface area contributed by atoms with Gasteiger partial charge >= 0.3 is 5.97 Å². The maximum atomic E-state index is 12.3. The van der Waals surface area contributed by atoms with Gasteiger partial charge in [-0.15, -0.1) is 0 Å². The zero-order valence-electron chi connectivity index (χ0n) is 13.3. The Morgan fingerprint density at radius 1 is 1.23 bits per heavy atom. The standard InChI is InChI=1S/C15H26N2O4S/c1-3-13(18)17-12(8-9-22-2)14(19)16-11-6-4-10(5-7-11)15(20)21/h10-12H,3-9H2,1-2H3,(H,16,19)(H,17,18)(H,20,21). The predicted octanol–water partition coefficient (Wildman–Crippen LogP) is 1.39. The second kappa shape index (κ2) is 9.71. The maximum Gasteiger partial charge on any atom is 0.306 e. The molecule has 0 aromatic heterocycles. The van der Waals surface area contributed by atoms with Gasteiger partial charge in [-0.1, -0.05) is 6.92 Å². The molecule has 6 nitrogen and oxygen atoms in total. The Balaban J connectivity index is 2.48. The van der Waals surface area contributed by atoms with Gasteiger partial charge in [0.1, 0.15) is 6.04 Å². The van der Waals surface area contributed by atoms with E-state index in [4.69, 9.17) is 5.11 Å². The number of carboxylic acids is 1. The third-order valence-electron chi connectivity index (χ3n) is 4.01. The molecule has 1 saturated carbocycles. The molecule has 0 heterocycles. The monoisotopic (exact) mass is 330 g/mol. The SMILES string of the molecule is CCC(=O)NC(CCSC)C(=O)NC1CCC(C(=O)O)CC1. The molecule has 0 bridgehead atoms. The van der Waals surface area contributed by atoms with Gasteiger partial charge in [0, 0.05) is 12.5 Å². The first-order chi connectivity index (χ1) is 10.5. The fourth-order valence-corrected chi connectivity index (χ4v) is 3.06. The van der Waals surface area contributed by atoms with Crippen LogP contribution in [0.4, 0.5) is 0 Å². The van der Waals surface area contributed by atoms with E-state index in [-0.39, 0.29) is 23.8 Å². The number of aliphatic carboxylic acids is 1. The van der Waals surface area contributed by atoms with Crippen LogP contribution in [0.2, 0.25) is 0 Å². The van der Waals surface area contributed by atoms with Gasteiger partial charge in [-0.05, 0) is 44.1 Å². The van der Waals surface area contributed by atoms with Crippen molar-refractivity contribution >= 4 is 29.5 Å². The first kappa shape index (κ1) is 18.8. The van der Waals surface area contributed by atoms with E-state index in [1.165, 1.54) is 0 Å². The lowest BCUT2D eigenvalue weighted by molar-refractivity contribution is -0.143. The van der Waals surface area contributed by atoms with Crippen LogP contribution in [0.25, 0.3) is 0 Å². The van der Waals surface area contributed by atoms with Crippen LogP contribution in [0.1, 0.15) is 45.4 Å². The number of hydrogen-bond acceptors (Lipinski definition) is 4. The Kier molecular flexibility index (Phi) is 8.30. The van der Waals surface area contributed by atoms with Crippen LogP contribution >= 0.6 is 11.8 Å². The summed E-state index contributed by atoms with van der Waals surface area (Å²) in [6.45, 7) is 1.76. The van der Waals surface area contributed by atoms with Crippen molar-refractivity contribution in [2.75, 3.05) is 12.0 Å². The van der Waals surface area contributed by atoms with Gasteiger partial charge in [-0.25, -0.2) is 0 Å². The summed E-state index contributed by atoms with van der Waals surface area (Å²) in [5.41, 5.74) is 0. The molecule has 2 amide bonds. The average molecular weight is 330 g/mol. The molecule has 1 fully saturated rings. The lowest BCUT2D eigenvalue weighted by Crippen LogP contribution is -2.50. The molecule has 0 aliphatic heterocycles. The van der Waals surface area contributed by atoms with Crippen LogP contribution in [-0.4, -0.2) is 47.0 Å². The van der Waals surface area contributed by atoms with E-state index in [0.717, 1.165) is 5.75 Å². The topological polar surface area (TPSA) is 95.5 Å². The number of nitrogens with one attached hydrogen (secondary N) is 2. The summed E-state index contributed by atoms with van der Waals surface area (Å²) >= 11 is 1.64. The Hall–Kier alpha value is -1.24. The van der Waals surface area contributed by atoms with E-state index in [1.807, 2.05) is 6.26 Å². The minimum absolute atomic E-state index is 0.0124. The number of carboxylic acid groups (broad SMARTS) is 1. The quantitative estimate of drug-likeness (QED) is 0.625. The summed E-state index contributed by atoms with van der Waals surface area (Å²) in [4.78, 5) is 34.8. The zero-order valence-corrected chi connectivity index (χ0v) is 14.1. The average Bonchev–Trinajstić information content (AvgIpc) is 2.51. The van der Waals surface area contributed by atoms with Crippen LogP contribution in [0.15, 0.2) is 0 Å². The molecular formula is C15H26N2O4S. The van der Waals surface area contributed by atoms with Gasteiger partial charge in [0.05, 0.1) is 5.92 Å². The summed E-state index contributed by atoms with van der Waals surface area (Å²) in [5, 5.41) is 14.7. The van der Waals surface area contributed by atoms with Crippen LogP contribution in [-0.2, 0) is 14.4 Å². The first-order valence-corrected chi connectivity index (χ1v) is 9.18. The van der Waals surface area contributed by atoms with E-state index in [2.05, 4.69) is 10.6 Å². The third-order valence-corrected chi connectivity index (χ3v) is 4.65. The molecule has 0 aromatic rings. The van der Waals surface area contributed by atoms with Crippen molar-refractivity contribution in [1.82, 2.24) is 10.6 Å². The maximum absolute atomic E-state index is 12.3. The molecular weight excluding hydrogens is 304 g/mol. The Labute approximate surface area is 135 Å². The molecule has 1 rings (SSSR count). The van der Waals surface area contributed by atoms with Crippen molar-refractivity contribution in [3.8, 4) is 0 Å². The van der Waals surface area contributed by atoms with E-state index in [9.17, 15) is 14.4 Å². The van der Waals surface area contributed by atoms with Crippen LogP contribution in [0, 0.1) is 5.92 Å². The molecule has 3 N–H and O–H groups in total. The largest absolute Gasteiger partial charge is 0.481 e. The molecule has 22 heavy (non-hydrogen) atoms. The number of thioether (sulfide) groups is 1. The molecule has 0 radical (unpaired) electrons. The molecule has 1 aliphatic rings. The minimum atomic E-state index is -0.752. The number of rotatable bonds is 8. The van der Waals surface area contributed by atoms with Crippen LogP contribution < -0.4 is 10.6 Å². The van der Waals surface area contributed by atoms with Crippen molar-refractivity contribution in [2.24, 2.45) is 5.92 Å². The van der Waals surface area contributed by atoms with Crippen molar-refractivity contribution in [1.29, 1.82) is 0 Å². The van der Waals surface area contributed by atoms with Crippen molar-refractivity contribution in [3.63, 3.8) is 0 Å². The fourth-order valence-electron chi connectivity index (χ4n) is 2.59. The van der Waals surface area contributed by atoms with Gasteiger partial charge < -0.3 is 15.7 Å². The van der Waals surface area contributed by atoms with Crippen molar-refractivity contribution in [2.45, 2.75) is 57.5 Å². The Bertz CT molecular complexity index is 395.